The molecule has 1 atom stereocenters. The first-order chi connectivity index (χ1) is 7.45. The van der Waals surface area contributed by atoms with E-state index < -0.39 is 11.9 Å². The fourth-order valence-corrected chi connectivity index (χ4v) is 1.50. The Morgan fingerprint density at radius 3 is 2.69 bits per heavy atom. The molecular formula is C11H16N2O3. The molecule has 88 valence electrons. The van der Waals surface area contributed by atoms with Gasteiger partial charge in [-0.15, -0.1) is 0 Å². The van der Waals surface area contributed by atoms with Crippen molar-refractivity contribution in [3.63, 3.8) is 0 Å². The van der Waals surface area contributed by atoms with Gasteiger partial charge in [-0.05, 0) is 6.42 Å². The van der Waals surface area contributed by atoms with E-state index in [1.54, 1.807) is 17.9 Å². The molecule has 0 saturated carbocycles. The fraction of sp³-hybridized carbons (Fsp3) is 0.545. The number of carboxylic acids is 1. The smallest absolute Gasteiger partial charge is 0.306 e. The molecule has 1 aromatic heterocycles. The second-order valence-corrected chi connectivity index (χ2v) is 3.88. The Morgan fingerprint density at radius 1 is 1.56 bits per heavy atom. The van der Waals surface area contributed by atoms with E-state index in [9.17, 15) is 9.59 Å². The topological polar surface area (TPSA) is 72.2 Å². The number of rotatable bonds is 5. The predicted molar refractivity (Wildman–Crippen MR) is 58.3 cm³/mol. The zero-order valence-electron chi connectivity index (χ0n) is 9.73. The maximum Gasteiger partial charge on any atom is 0.306 e. The number of ketones is 1. The lowest BCUT2D eigenvalue weighted by atomic mass is 10.00. The minimum atomic E-state index is -0.949. The highest BCUT2D eigenvalue weighted by Gasteiger charge is 2.20. The first-order valence-corrected chi connectivity index (χ1v) is 5.24. The maximum atomic E-state index is 11.8. The SMILES string of the molecule is CCc1nn(C)cc1C(=O)CC(C)C(=O)O. The summed E-state index contributed by atoms with van der Waals surface area (Å²) in [6.07, 6.45) is 2.34. The third-order valence-electron chi connectivity index (χ3n) is 2.45. The molecule has 1 N–H and O–H groups in total. The van der Waals surface area contributed by atoms with Crippen molar-refractivity contribution in [3.8, 4) is 0 Å². The number of hydrogen-bond acceptors (Lipinski definition) is 3. The molecular weight excluding hydrogens is 208 g/mol. The zero-order chi connectivity index (χ0) is 12.3. The highest BCUT2D eigenvalue weighted by atomic mass is 16.4. The number of aromatic nitrogens is 2. The van der Waals surface area contributed by atoms with Crippen LogP contribution in [0, 0.1) is 5.92 Å². The third-order valence-corrected chi connectivity index (χ3v) is 2.45. The number of carboxylic acid groups (broad SMARTS) is 1. The highest BCUT2D eigenvalue weighted by molar-refractivity contribution is 5.98. The van der Waals surface area contributed by atoms with Crippen LogP contribution in [0.15, 0.2) is 6.20 Å². The summed E-state index contributed by atoms with van der Waals surface area (Å²) in [6, 6.07) is 0. The van der Waals surface area contributed by atoms with Crippen LogP contribution < -0.4 is 0 Å². The van der Waals surface area contributed by atoms with E-state index in [0.29, 0.717) is 12.0 Å². The van der Waals surface area contributed by atoms with Gasteiger partial charge in [0.15, 0.2) is 5.78 Å². The average Bonchev–Trinajstić information content (AvgIpc) is 2.59. The highest BCUT2D eigenvalue weighted by Crippen LogP contribution is 2.14. The van der Waals surface area contributed by atoms with Gasteiger partial charge in [0, 0.05) is 19.7 Å². The van der Waals surface area contributed by atoms with Crippen LogP contribution in [0.25, 0.3) is 0 Å². The molecule has 1 rings (SSSR count). The fourth-order valence-electron chi connectivity index (χ4n) is 1.50. The molecule has 0 aliphatic rings. The summed E-state index contributed by atoms with van der Waals surface area (Å²) in [4.78, 5) is 22.5. The molecule has 0 saturated heterocycles. The van der Waals surface area contributed by atoms with Crippen LogP contribution in [0.5, 0.6) is 0 Å². The second-order valence-electron chi connectivity index (χ2n) is 3.88. The first-order valence-electron chi connectivity index (χ1n) is 5.24. The summed E-state index contributed by atoms with van der Waals surface area (Å²) >= 11 is 0. The molecule has 0 aliphatic carbocycles. The van der Waals surface area contributed by atoms with Crippen molar-refractivity contribution in [2.75, 3.05) is 0 Å². The number of carbonyl (C=O) groups is 2. The Kier molecular flexibility index (Phi) is 3.82. The number of carbonyl (C=O) groups excluding carboxylic acids is 1. The molecule has 0 fully saturated rings. The van der Waals surface area contributed by atoms with Gasteiger partial charge in [0.25, 0.3) is 0 Å². The Hall–Kier alpha value is -1.65. The number of aliphatic carboxylic acids is 1. The quantitative estimate of drug-likeness (QED) is 0.764. The van der Waals surface area contributed by atoms with Crippen LogP contribution in [-0.4, -0.2) is 26.6 Å². The molecule has 5 heteroatoms. The van der Waals surface area contributed by atoms with Crippen molar-refractivity contribution in [2.24, 2.45) is 13.0 Å². The van der Waals surface area contributed by atoms with Crippen molar-refractivity contribution >= 4 is 11.8 Å². The van der Waals surface area contributed by atoms with Crippen molar-refractivity contribution in [1.29, 1.82) is 0 Å². The lowest BCUT2D eigenvalue weighted by Gasteiger charge is -2.04. The molecule has 16 heavy (non-hydrogen) atoms. The van der Waals surface area contributed by atoms with Gasteiger partial charge in [-0.3, -0.25) is 14.3 Å². The van der Waals surface area contributed by atoms with Crippen LogP contribution in [0.3, 0.4) is 0 Å². The van der Waals surface area contributed by atoms with Gasteiger partial charge in [0.05, 0.1) is 17.2 Å². The minimum Gasteiger partial charge on any atom is -0.481 e. The van der Waals surface area contributed by atoms with Crippen molar-refractivity contribution in [1.82, 2.24) is 9.78 Å². The van der Waals surface area contributed by atoms with Gasteiger partial charge in [0.1, 0.15) is 0 Å². The van der Waals surface area contributed by atoms with Crippen LogP contribution in [-0.2, 0) is 18.3 Å². The summed E-state index contributed by atoms with van der Waals surface area (Å²) in [5, 5.41) is 12.9. The number of Topliss-reactive ketones (excluding diaryl/α,β-unsaturated/α-hetero) is 1. The largest absolute Gasteiger partial charge is 0.481 e. The number of aryl methyl sites for hydroxylation is 2. The molecule has 0 aliphatic heterocycles. The van der Waals surface area contributed by atoms with Crippen molar-refractivity contribution < 1.29 is 14.7 Å². The van der Waals surface area contributed by atoms with E-state index in [0.717, 1.165) is 5.69 Å². The van der Waals surface area contributed by atoms with Gasteiger partial charge in [-0.1, -0.05) is 13.8 Å². The first kappa shape index (κ1) is 12.4. The molecule has 1 heterocycles. The molecule has 1 unspecified atom stereocenters. The van der Waals surface area contributed by atoms with Crippen LogP contribution >= 0.6 is 0 Å². The predicted octanol–water partition coefficient (Wildman–Crippen LogP) is 1.28. The molecule has 0 bridgehead atoms. The molecule has 0 radical (unpaired) electrons. The van der Waals surface area contributed by atoms with Gasteiger partial charge >= 0.3 is 5.97 Å². The van der Waals surface area contributed by atoms with Gasteiger partial charge in [-0.2, -0.15) is 5.10 Å². The number of nitrogens with zero attached hydrogens (tertiary/aromatic N) is 2. The van der Waals surface area contributed by atoms with Gasteiger partial charge in [-0.25, -0.2) is 0 Å². The van der Waals surface area contributed by atoms with Crippen molar-refractivity contribution in [2.45, 2.75) is 26.7 Å². The minimum absolute atomic E-state index is 0.0219. The molecule has 5 nitrogen and oxygen atoms in total. The van der Waals surface area contributed by atoms with Crippen LogP contribution in [0.2, 0.25) is 0 Å². The summed E-state index contributed by atoms with van der Waals surface area (Å²) in [7, 11) is 1.75. The Labute approximate surface area is 94.1 Å². The van der Waals surface area contributed by atoms with Crippen LogP contribution in [0.4, 0.5) is 0 Å². The van der Waals surface area contributed by atoms with Gasteiger partial charge in [0.2, 0.25) is 0 Å². The summed E-state index contributed by atoms with van der Waals surface area (Å²) in [5.41, 5.74) is 1.27. The number of hydrogen-bond donors (Lipinski definition) is 1. The molecule has 0 spiro atoms. The Balaban J connectivity index is 2.84. The van der Waals surface area contributed by atoms with E-state index in [1.807, 2.05) is 6.92 Å². The molecule has 0 amide bonds. The summed E-state index contributed by atoms with van der Waals surface area (Å²) in [6.45, 7) is 3.45. The van der Waals surface area contributed by atoms with E-state index in [-0.39, 0.29) is 12.2 Å². The zero-order valence-corrected chi connectivity index (χ0v) is 9.73. The van der Waals surface area contributed by atoms with E-state index in [2.05, 4.69) is 5.10 Å². The van der Waals surface area contributed by atoms with E-state index in [4.69, 9.17) is 5.11 Å². The Morgan fingerprint density at radius 2 is 2.19 bits per heavy atom. The lowest BCUT2D eigenvalue weighted by molar-refractivity contribution is -0.141. The maximum absolute atomic E-state index is 11.8. The van der Waals surface area contributed by atoms with Crippen LogP contribution in [0.1, 0.15) is 36.3 Å². The average molecular weight is 224 g/mol. The van der Waals surface area contributed by atoms with E-state index in [1.165, 1.54) is 6.92 Å². The van der Waals surface area contributed by atoms with E-state index >= 15 is 0 Å². The third kappa shape index (κ3) is 2.68. The van der Waals surface area contributed by atoms with Gasteiger partial charge < -0.3 is 5.11 Å². The monoisotopic (exact) mass is 224 g/mol. The second kappa shape index (κ2) is 4.92. The standard InChI is InChI=1S/C11H16N2O3/c1-4-9-8(6-13(3)12-9)10(14)5-7(2)11(15)16/h6-7H,4-5H2,1-3H3,(H,15,16). The summed E-state index contributed by atoms with van der Waals surface area (Å²) in [5.74, 6) is -1.76. The van der Waals surface area contributed by atoms with Crippen molar-refractivity contribution in [3.05, 3.63) is 17.5 Å². The Bertz CT molecular complexity index is 409. The molecule has 0 aromatic carbocycles. The normalized spacial score (nSPS) is 12.4. The summed E-state index contributed by atoms with van der Waals surface area (Å²) < 4.78 is 1.58. The lowest BCUT2D eigenvalue weighted by Crippen LogP contribution is -2.15. The molecule has 1 aromatic rings.